The molecule has 1 aliphatic heterocycles. The largest absolute Gasteiger partial charge is 0.507 e. The second-order valence-electron chi connectivity index (χ2n) is 7.88. The summed E-state index contributed by atoms with van der Waals surface area (Å²) in [7, 11) is 1.56. The second-order valence-corrected chi connectivity index (χ2v) is 7.88. The molecule has 0 aromatic heterocycles. The van der Waals surface area contributed by atoms with Crippen LogP contribution in [0, 0.1) is 0 Å². The van der Waals surface area contributed by atoms with Crippen molar-refractivity contribution in [2.75, 3.05) is 7.11 Å². The SMILES string of the molecule is C=C(C)C1Cc2c(ccc(O)c2OC)-c2cc3c(c(O)c21)C=CC(C)(C)O3. The molecule has 1 atom stereocenters. The zero-order valence-corrected chi connectivity index (χ0v) is 16.1. The average molecular weight is 364 g/mol. The summed E-state index contributed by atoms with van der Waals surface area (Å²) >= 11 is 0. The van der Waals surface area contributed by atoms with E-state index in [1.54, 1.807) is 13.2 Å². The summed E-state index contributed by atoms with van der Waals surface area (Å²) in [5.41, 5.74) is 4.82. The average Bonchev–Trinajstić information content (AvgIpc) is 2.59. The van der Waals surface area contributed by atoms with Crippen molar-refractivity contribution in [3.05, 3.63) is 53.1 Å². The number of methoxy groups -OCH3 is 1. The first-order valence-electron chi connectivity index (χ1n) is 9.06. The monoisotopic (exact) mass is 364 g/mol. The molecule has 4 rings (SSSR count). The number of hydrogen-bond donors (Lipinski definition) is 2. The van der Waals surface area contributed by atoms with Gasteiger partial charge in [0.25, 0.3) is 0 Å². The molecule has 140 valence electrons. The van der Waals surface area contributed by atoms with E-state index in [4.69, 9.17) is 9.47 Å². The van der Waals surface area contributed by atoms with Crippen molar-refractivity contribution in [3.63, 3.8) is 0 Å². The lowest BCUT2D eigenvalue weighted by Crippen LogP contribution is -2.28. The normalized spacial score (nSPS) is 18.7. The van der Waals surface area contributed by atoms with Gasteiger partial charge in [0.15, 0.2) is 11.5 Å². The van der Waals surface area contributed by atoms with Crippen molar-refractivity contribution in [3.8, 4) is 34.1 Å². The number of fused-ring (bicyclic) bond motifs is 4. The maximum Gasteiger partial charge on any atom is 0.164 e. The van der Waals surface area contributed by atoms with Gasteiger partial charge in [0.2, 0.25) is 0 Å². The molecule has 27 heavy (non-hydrogen) atoms. The molecule has 4 nitrogen and oxygen atoms in total. The van der Waals surface area contributed by atoms with Crippen LogP contribution >= 0.6 is 0 Å². The Morgan fingerprint density at radius 3 is 2.67 bits per heavy atom. The molecule has 0 saturated carbocycles. The third-order valence-electron chi connectivity index (χ3n) is 5.45. The van der Waals surface area contributed by atoms with Crippen LogP contribution in [-0.2, 0) is 6.42 Å². The molecule has 0 fully saturated rings. The van der Waals surface area contributed by atoms with Gasteiger partial charge in [-0.15, -0.1) is 0 Å². The van der Waals surface area contributed by atoms with Crippen LogP contribution in [0.15, 0.2) is 36.4 Å². The van der Waals surface area contributed by atoms with E-state index in [2.05, 4.69) is 6.58 Å². The molecule has 0 saturated heterocycles. The van der Waals surface area contributed by atoms with Crippen molar-refractivity contribution in [2.24, 2.45) is 0 Å². The van der Waals surface area contributed by atoms with Gasteiger partial charge in [-0.3, -0.25) is 0 Å². The highest BCUT2D eigenvalue weighted by Crippen LogP contribution is 2.54. The lowest BCUT2D eigenvalue weighted by Gasteiger charge is -2.34. The molecule has 0 spiro atoms. The Balaban J connectivity index is 2.05. The Labute approximate surface area is 159 Å². The maximum absolute atomic E-state index is 11.1. The molecule has 2 aromatic carbocycles. The third-order valence-corrected chi connectivity index (χ3v) is 5.45. The molecule has 1 heterocycles. The van der Waals surface area contributed by atoms with E-state index in [-0.39, 0.29) is 17.4 Å². The Bertz CT molecular complexity index is 998. The van der Waals surface area contributed by atoms with E-state index in [9.17, 15) is 10.2 Å². The number of benzene rings is 2. The first kappa shape index (κ1) is 17.5. The number of ether oxygens (including phenoxy) is 2. The Morgan fingerprint density at radius 1 is 1.26 bits per heavy atom. The molecule has 2 aromatic rings. The fourth-order valence-electron chi connectivity index (χ4n) is 4.12. The van der Waals surface area contributed by atoms with Gasteiger partial charge in [0.1, 0.15) is 17.1 Å². The fraction of sp³-hybridized carbons (Fsp3) is 0.304. The smallest absolute Gasteiger partial charge is 0.164 e. The highest BCUT2D eigenvalue weighted by atomic mass is 16.5. The number of aromatic hydroxyl groups is 2. The number of rotatable bonds is 2. The summed E-state index contributed by atoms with van der Waals surface area (Å²) in [6.45, 7) is 10.1. The number of phenolic OH excluding ortho intramolecular Hbond substituents is 2. The molecular weight excluding hydrogens is 340 g/mol. The summed E-state index contributed by atoms with van der Waals surface area (Å²) in [4.78, 5) is 0. The lowest BCUT2D eigenvalue weighted by molar-refractivity contribution is 0.158. The standard InChI is InChI=1S/C23H24O4/c1-12(2)15-10-17-13(6-7-18(24)22(17)26-5)16-11-19-14(21(25)20(15)16)8-9-23(3,4)27-19/h6-9,11,15,24-25H,1,10H2,2-5H3. The molecule has 1 aliphatic carbocycles. The van der Waals surface area contributed by atoms with Gasteiger partial charge >= 0.3 is 0 Å². The molecule has 0 amide bonds. The van der Waals surface area contributed by atoms with Crippen molar-refractivity contribution < 1.29 is 19.7 Å². The van der Waals surface area contributed by atoms with E-state index < -0.39 is 5.60 Å². The quantitative estimate of drug-likeness (QED) is 0.722. The minimum Gasteiger partial charge on any atom is -0.507 e. The van der Waals surface area contributed by atoms with Crippen molar-refractivity contribution in [1.82, 2.24) is 0 Å². The van der Waals surface area contributed by atoms with Gasteiger partial charge in [-0.25, -0.2) is 0 Å². The zero-order chi connectivity index (χ0) is 19.5. The summed E-state index contributed by atoms with van der Waals surface area (Å²) < 4.78 is 11.6. The van der Waals surface area contributed by atoms with Gasteiger partial charge in [0.05, 0.1) is 12.7 Å². The minimum atomic E-state index is -0.439. The summed E-state index contributed by atoms with van der Waals surface area (Å²) in [5, 5.41) is 21.3. The highest BCUT2D eigenvalue weighted by Gasteiger charge is 2.35. The lowest BCUT2D eigenvalue weighted by atomic mass is 9.74. The van der Waals surface area contributed by atoms with Crippen molar-refractivity contribution in [2.45, 2.75) is 38.7 Å². The number of hydrogen-bond acceptors (Lipinski definition) is 4. The second kappa shape index (κ2) is 5.81. The molecule has 0 bridgehead atoms. The van der Waals surface area contributed by atoms with Crippen molar-refractivity contribution >= 4 is 6.08 Å². The van der Waals surface area contributed by atoms with Gasteiger partial charge in [-0.1, -0.05) is 18.2 Å². The molecule has 1 unspecified atom stereocenters. The van der Waals surface area contributed by atoms with Crippen LogP contribution in [0.3, 0.4) is 0 Å². The Hall–Kier alpha value is -2.88. The van der Waals surface area contributed by atoms with E-state index in [0.717, 1.165) is 27.8 Å². The summed E-state index contributed by atoms with van der Waals surface area (Å²) in [6.07, 6.45) is 4.49. The predicted octanol–water partition coefficient (Wildman–Crippen LogP) is 5.17. The zero-order valence-electron chi connectivity index (χ0n) is 16.1. The molecule has 4 heteroatoms. The van der Waals surface area contributed by atoms with E-state index in [1.165, 1.54) is 0 Å². The molecule has 0 radical (unpaired) electrons. The highest BCUT2D eigenvalue weighted by molar-refractivity contribution is 5.85. The van der Waals surface area contributed by atoms with Gasteiger partial charge in [-0.2, -0.15) is 0 Å². The topological polar surface area (TPSA) is 58.9 Å². The van der Waals surface area contributed by atoms with E-state index >= 15 is 0 Å². The Morgan fingerprint density at radius 2 is 2.00 bits per heavy atom. The first-order chi connectivity index (χ1) is 12.7. The van der Waals surface area contributed by atoms with Crippen LogP contribution in [0.1, 0.15) is 43.4 Å². The number of allylic oxidation sites excluding steroid dienone is 1. The van der Waals surface area contributed by atoms with Crippen LogP contribution in [-0.4, -0.2) is 22.9 Å². The summed E-state index contributed by atoms with van der Waals surface area (Å²) in [5.74, 6) is 1.40. The van der Waals surface area contributed by atoms with Crippen LogP contribution in [0.5, 0.6) is 23.0 Å². The minimum absolute atomic E-state index is 0.0724. The van der Waals surface area contributed by atoms with Gasteiger partial charge in [-0.05, 0) is 62.6 Å². The number of phenols is 2. The van der Waals surface area contributed by atoms with E-state index in [1.807, 2.05) is 45.1 Å². The molecular formula is C23H24O4. The van der Waals surface area contributed by atoms with Crippen LogP contribution < -0.4 is 9.47 Å². The molecule has 2 aliphatic rings. The van der Waals surface area contributed by atoms with Crippen LogP contribution in [0.4, 0.5) is 0 Å². The third kappa shape index (κ3) is 2.59. The van der Waals surface area contributed by atoms with Gasteiger partial charge in [0, 0.05) is 17.0 Å². The fourth-order valence-corrected chi connectivity index (χ4v) is 4.12. The predicted molar refractivity (Wildman–Crippen MR) is 107 cm³/mol. The summed E-state index contributed by atoms with van der Waals surface area (Å²) in [6, 6.07) is 5.49. The van der Waals surface area contributed by atoms with Crippen molar-refractivity contribution in [1.29, 1.82) is 0 Å². The van der Waals surface area contributed by atoms with E-state index in [0.29, 0.717) is 23.5 Å². The maximum atomic E-state index is 11.1. The van der Waals surface area contributed by atoms with Gasteiger partial charge < -0.3 is 19.7 Å². The molecule has 2 N–H and O–H groups in total. The Kier molecular flexibility index (Phi) is 3.77. The van der Waals surface area contributed by atoms with Crippen LogP contribution in [0.2, 0.25) is 0 Å². The first-order valence-corrected chi connectivity index (χ1v) is 9.06. The van der Waals surface area contributed by atoms with Crippen LogP contribution in [0.25, 0.3) is 17.2 Å².